The first-order valence-corrected chi connectivity index (χ1v) is 5.92. The van der Waals surface area contributed by atoms with Crippen LogP contribution < -0.4 is 0 Å². The number of phenols is 1. The molecule has 0 atom stereocenters. The van der Waals surface area contributed by atoms with Gasteiger partial charge < -0.3 is 5.11 Å². The molecule has 1 nitrogen and oxygen atoms in total. The summed E-state index contributed by atoms with van der Waals surface area (Å²) >= 11 is 10.1. The Morgan fingerprint density at radius 3 is 2.46 bits per heavy atom. The molecule has 1 aromatic carbocycles. The van der Waals surface area contributed by atoms with E-state index in [1.54, 1.807) is 12.1 Å². The number of allylic oxidation sites excluding steroid dienone is 1. The largest absolute Gasteiger partial charge is 0.508 e. The van der Waals surface area contributed by atoms with Crippen molar-refractivity contribution in [3.8, 4) is 5.75 Å². The van der Waals surface area contributed by atoms with Crippen LogP contribution in [0.5, 0.6) is 5.75 Å². The molecule has 0 bridgehead atoms. The molecule has 0 aliphatic rings. The fourth-order valence-electron chi connectivity index (χ4n) is 0.959. The van der Waals surface area contributed by atoms with Gasteiger partial charge in [0.15, 0.2) is 0 Å². The molecule has 0 spiro atoms. The summed E-state index contributed by atoms with van der Waals surface area (Å²) < 4.78 is 2.59. The van der Waals surface area contributed by atoms with E-state index in [9.17, 15) is 5.11 Å². The average molecular weight is 371 g/mol. The first-order chi connectivity index (χ1) is 6.07. The summed E-state index contributed by atoms with van der Waals surface area (Å²) in [6.45, 7) is 3.63. The SMILES string of the molecule is C=CCc1c(O)cc(Br)c(Br)c1Br. The Hall–Kier alpha value is 0.200. The minimum absolute atomic E-state index is 0.266. The molecule has 0 aromatic heterocycles. The molecule has 0 saturated carbocycles. The maximum Gasteiger partial charge on any atom is 0.121 e. The smallest absolute Gasteiger partial charge is 0.121 e. The van der Waals surface area contributed by atoms with Crippen molar-refractivity contribution in [2.75, 3.05) is 0 Å². The number of hydrogen-bond acceptors (Lipinski definition) is 1. The number of phenolic OH excluding ortho intramolecular Hbond substituents is 1. The van der Waals surface area contributed by atoms with Crippen LogP contribution in [0.3, 0.4) is 0 Å². The summed E-state index contributed by atoms with van der Waals surface area (Å²) in [5, 5.41) is 9.60. The maximum absolute atomic E-state index is 9.60. The lowest BCUT2D eigenvalue weighted by Gasteiger charge is -2.08. The highest BCUT2D eigenvalue weighted by molar-refractivity contribution is 9.14. The van der Waals surface area contributed by atoms with E-state index in [0.717, 1.165) is 19.0 Å². The lowest BCUT2D eigenvalue weighted by molar-refractivity contribution is 0.468. The highest BCUT2D eigenvalue weighted by Gasteiger charge is 2.11. The Bertz CT molecular complexity index is 347. The quantitative estimate of drug-likeness (QED) is 0.604. The molecule has 1 N–H and O–H groups in total. The summed E-state index contributed by atoms with van der Waals surface area (Å²) in [7, 11) is 0. The van der Waals surface area contributed by atoms with E-state index in [-0.39, 0.29) is 5.75 Å². The van der Waals surface area contributed by atoms with Gasteiger partial charge in [0.25, 0.3) is 0 Å². The molecule has 0 aliphatic carbocycles. The van der Waals surface area contributed by atoms with Crippen LogP contribution in [0, 0.1) is 0 Å². The molecule has 4 heteroatoms. The van der Waals surface area contributed by atoms with Crippen molar-refractivity contribution in [3.05, 3.63) is 37.7 Å². The molecule has 0 heterocycles. The molecule has 0 aliphatic heterocycles. The molecule has 70 valence electrons. The molecular formula is C9H7Br3O. The summed E-state index contributed by atoms with van der Waals surface area (Å²) in [6.07, 6.45) is 2.39. The van der Waals surface area contributed by atoms with Crippen molar-refractivity contribution in [3.63, 3.8) is 0 Å². The zero-order chi connectivity index (χ0) is 10.0. The van der Waals surface area contributed by atoms with E-state index in [4.69, 9.17) is 0 Å². The number of aromatic hydroxyl groups is 1. The zero-order valence-corrected chi connectivity index (χ0v) is 11.4. The predicted octanol–water partition coefficient (Wildman–Crippen LogP) is 4.41. The normalized spacial score (nSPS) is 10.1. The second kappa shape index (κ2) is 4.62. The Morgan fingerprint density at radius 2 is 1.92 bits per heavy atom. The average Bonchev–Trinajstić information content (AvgIpc) is 2.09. The third kappa shape index (κ3) is 2.36. The van der Waals surface area contributed by atoms with Gasteiger partial charge in [0.05, 0.1) is 0 Å². The molecule has 1 aromatic rings. The monoisotopic (exact) mass is 368 g/mol. The third-order valence-electron chi connectivity index (χ3n) is 1.59. The Kier molecular flexibility index (Phi) is 4.01. The molecule has 0 amide bonds. The molecule has 0 fully saturated rings. The van der Waals surface area contributed by atoms with Crippen molar-refractivity contribution in [1.82, 2.24) is 0 Å². The Labute approximate surface area is 102 Å². The molecule has 1 rings (SSSR count). The van der Waals surface area contributed by atoms with Crippen molar-refractivity contribution < 1.29 is 5.11 Å². The summed E-state index contributed by atoms with van der Waals surface area (Å²) in [5.41, 5.74) is 0.838. The Balaban J connectivity index is 3.34. The minimum atomic E-state index is 0.266. The van der Waals surface area contributed by atoms with Gasteiger partial charge in [0, 0.05) is 19.0 Å². The summed E-state index contributed by atoms with van der Waals surface area (Å²) in [5.74, 6) is 0.266. The van der Waals surface area contributed by atoms with E-state index in [1.165, 1.54) is 0 Å². The van der Waals surface area contributed by atoms with Crippen LogP contribution in [-0.4, -0.2) is 5.11 Å². The molecule has 0 unspecified atom stereocenters. The highest BCUT2D eigenvalue weighted by Crippen LogP contribution is 2.39. The van der Waals surface area contributed by atoms with Crippen molar-refractivity contribution >= 4 is 47.8 Å². The molecule has 13 heavy (non-hydrogen) atoms. The van der Waals surface area contributed by atoms with E-state index in [2.05, 4.69) is 54.4 Å². The van der Waals surface area contributed by atoms with E-state index >= 15 is 0 Å². The fraction of sp³-hybridized carbons (Fsp3) is 0.111. The third-order valence-corrected chi connectivity index (χ3v) is 4.98. The highest BCUT2D eigenvalue weighted by atomic mass is 79.9. The standard InChI is InChI=1S/C9H7Br3O/c1-2-3-5-7(13)4-6(10)9(12)8(5)11/h2,4,13H,1,3H2. The van der Waals surface area contributed by atoms with Crippen LogP contribution in [0.2, 0.25) is 0 Å². The number of rotatable bonds is 2. The van der Waals surface area contributed by atoms with Gasteiger partial charge in [0.2, 0.25) is 0 Å². The topological polar surface area (TPSA) is 20.2 Å². The van der Waals surface area contributed by atoms with Gasteiger partial charge in [-0.3, -0.25) is 0 Å². The number of halogens is 3. The lowest BCUT2D eigenvalue weighted by Crippen LogP contribution is -1.87. The van der Waals surface area contributed by atoms with Gasteiger partial charge in [-0.1, -0.05) is 6.08 Å². The first kappa shape index (κ1) is 11.3. The van der Waals surface area contributed by atoms with Gasteiger partial charge >= 0.3 is 0 Å². The summed E-state index contributed by atoms with van der Waals surface area (Å²) in [6, 6.07) is 1.66. The van der Waals surface area contributed by atoms with Gasteiger partial charge in [-0.2, -0.15) is 0 Å². The van der Waals surface area contributed by atoms with Crippen LogP contribution in [-0.2, 0) is 6.42 Å². The number of hydrogen-bond donors (Lipinski definition) is 1. The minimum Gasteiger partial charge on any atom is -0.508 e. The molecule has 0 radical (unpaired) electrons. The summed E-state index contributed by atoms with van der Waals surface area (Å²) in [4.78, 5) is 0. The van der Waals surface area contributed by atoms with Crippen molar-refractivity contribution in [1.29, 1.82) is 0 Å². The molecular weight excluding hydrogens is 364 g/mol. The van der Waals surface area contributed by atoms with Crippen molar-refractivity contribution in [2.45, 2.75) is 6.42 Å². The van der Waals surface area contributed by atoms with Crippen molar-refractivity contribution in [2.24, 2.45) is 0 Å². The zero-order valence-electron chi connectivity index (χ0n) is 6.65. The van der Waals surface area contributed by atoms with Gasteiger partial charge in [0.1, 0.15) is 5.75 Å². The van der Waals surface area contributed by atoms with Crippen LogP contribution >= 0.6 is 47.8 Å². The van der Waals surface area contributed by atoms with Crippen LogP contribution in [0.4, 0.5) is 0 Å². The van der Waals surface area contributed by atoms with E-state index in [1.807, 2.05) is 0 Å². The van der Waals surface area contributed by atoms with Crippen LogP contribution in [0.1, 0.15) is 5.56 Å². The van der Waals surface area contributed by atoms with Gasteiger partial charge in [-0.25, -0.2) is 0 Å². The van der Waals surface area contributed by atoms with Gasteiger partial charge in [-0.15, -0.1) is 6.58 Å². The number of benzene rings is 1. The van der Waals surface area contributed by atoms with Crippen LogP contribution in [0.15, 0.2) is 32.1 Å². The second-order valence-corrected chi connectivity index (χ2v) is 4.92. The Morgan fingerprint density at radius 1 is 1.31 bits per heavy atom. The fourth-order valence-corrected chi connectivity index (χ4v) is 2.57. The van der Waals surface area contributed by atoms with E-state index in [0.29, 0.717) is 6.42 Å². The second-order valence-electron chi connectivity index (χ2n) is 2.48. The predicted molar refractivity (Wildman–Crippen MR) is 65.1 cm³/mol. The van der Waals surface area contributed by atoms with Gasteiger partial charge in [-0.05, 0) is 60.3 Å². The first-order valence-electron chi connectivity index (χ1n) is 3.54. The van der Waals surface area contributed by atoms with Crippen LogP contribution in [0.25, 0.3) is 0 Å². The lowest BCUT2D eigenvalue weighted by atomic mass is 10.1. The molecule has 0 saturated heterocycles. The van der Waals surface area contributed by atoms with E-state index < -0.39 is 0 Å². The maximum atomic E-state index is 9.60.